The minimum absolute atomic E-state index is 0.450. The molecule has 0 amide bonds. The minimum atomic E-state index is 0.450. The Morgan fingerprint density at radius 2 is 1.96 bits per heavy atom. The third-order valence-corrected chi connectivity index (χ3v) is 5.96. The second-order valence-electron chi connectivity index (χ2n) is 7.70. The highest BCUT2D eigenvalue weighted by Gasteiger charge is 2.30. The molecular formula is C22H29N5. The lowest BCUT2D eigenvalue weighted by Gasteiger charge is -2.42. The number of aryl methyl sites for hydroxylation is 1. The molecule has 1 saturated heterocycles. The average molecular weight is 364 g/mol. The van der Waals surface area contributed by atoms with E-state index < -0.39 is 0 Å². The van der Waals surface area contributed by atoms with Crippen LogP contribution in [0.3, 0.4) is 0 Å². The molecule has 1 fully saturated rings. The normalized spacial score (nSPS) is 20.9. The zero-order chi connectivity index (χ0) is 18.8. The minimum Gasteiger partial charge on any atom is -0.354 e. The Hall–Kier alpha value is -2.40. The molecule has 0 spiro atoms. The number of rotatable bonds is 5. The van der Waals surface area contributed by atoms with Crippen LogP contribution in [0.1, 0.15) is 25.8 Å². The van der Waals surface area contributed by atoms with Gasteiger partial charge in [0, 0.05) is 38.9 Å². The molecule has 1 aromatic carbocycles. The molecule has 0 saturated carbocycles. The number of nitrogens with zero attached hydrogens (tertiary/aromatic N) is 5. The summed E-state index contributed by atoms with van der Waals surface area (Å²) in [6, 6.07) is 13.4. The molecule has 0 radical (unpaired) electrons. The van der Waals surface area contributed by atoms with Gasteiger partial charge in [-0.1, -0.05) is 37.3 Å². The summed E-state index contributed by atoms with van der Waals surface area (Å²) in [7, 11) is 2.19. The smallest absolute Gasteiger partial charge is 0.145 e. The zero-order valence-corrected chi connectivity index (χ0v) is 16.5. The fourth-order valence-electron chi connectivity index (χ4n) is 4.29. The SMILES string of the molecule is CCn1ccc2c(N(C)[C@H]3CN(Cc4ccccc4)CC[C@H]3C)ncnc21. The largest absolute Gasteiger partial charge is 0.354 e. The molecule has 5 heteroatoms. The van der Waals surface area contributed by atoms with Gasteiger partial charge in [-0.25, -0.2) is 9.97 Å². The summed E-state index contributed by atoms with van der Waals surface area (Å²) in [6.07, 6.45) is 5.03. The van der Waals surface area contributed by atoms with E-state index in [0.29, 0.717) is 12.0 Å². The van der Waals surface area contributed by atoms with E-state index in [2.05, 4.69) is 87.8 Å². The predicted molar refractivity (Wildman–Crippen MR) is 111 cm³/mol. The maximum Gasteiger partial charge on any atom is 0.145 e. The maximum atomic E-state index is 4.66. The lowest BCUT2D eigenvalue weighted by Crippen LogP contribution is -2.50. The Bertz CT molecular complexity index is 888. The van der Waals surface area contributed by atoms with Crippen molar-refractivity contribution in [2.75, 3.05) is 25.0 Å². The molecule has 2 atom stereocenters. The second-order valence-corrected chi connectivity index (χ2v) is 7.70. The molecule has 0 unspecified atom stereocenters. The third kappa shape index (κ3) is 3.56. The van der Waals surface area contributed by atoms with Crippen molar-refractivity contribution in [3.05, 3.63) is 54.5 Å². The van der Waals surface area contributed by atoms with E-state index in [1.54, 1.807) is 6.33 Å². The van der Waals surface area contributed by atoms with Crippen LogP contribution in [0.4, 0.5) is 5.82 Å². The van der Waals surface area contributed by atoms with Crippen molar-refractivity contribution in [3.63, 3.8) is 0 Å². The Morgan fingerprint density at radius 1 is 1.15 bits per heavy atom. The summed E-state index contributed by atoms with van der Waals surface area (Å²) in [5.41, 5.74) is 2.41. The topological polar surface area (TPSA) is 37.2 Å². The number of likely N-dealkylation sites (N-methyl/N-ethyl adjacent to an activating group) is 1. The van der Waals surface area contributed by atoms with Crippen LogP contribution in [0.15, 0.2) is 48.9 Å². The molecule has 1 aliphatic heterocycles. The predicted octanol–water partition coefficient (Wildman–Crippen LogP) is 3.80. The molecule has 2 aromatic heterocycles. The van der Waals surface area contributed by atoms with Gasteiger partial charge in [-0.15, -0.1) is 0 Å². The van der Waals surface area contributed by atoms with Gasteiger partial charge in [0.1, 0.15) is 17.8 Å². The van der Waals surface area contributed by atoms with E-state index in [1.165, 1.54) is 12.0 Å². The van der Waals surface area contributed by atoms with Crippen molar-refractivity contribution in [2.24, 2.45) is 5.92 Å². The van der Waals surface area contributed by atoms with E-state index in [4.69, 9.17) is 0 Å². The van der Waals surface area contributed by atoms with Gasteiger partial charge < -0.3 is 9.47 Å². The molecular weight excluding hydrogens is 334 g/mol. The fraction of sp³-hybridized carbons (Fsp3) is 0.455. The molecule has 0 N–H and O–H groups in total. The lowest BCUT2D eigenvalue weighted by molar-refractivity contribution is 0.159. The molecule has 0 bridgehead atoms. The highest BCUT2D eigenvalue weighted by molar-refractivity contribution is 5.87. The van der Waals surface area contributed by atoms with Crippen molar-refractivity contribution in [1.82, 2.24) is 19.4 Å². The quantitative estimate of drug-likeness (QED) is 0.691. The van der Waals surface area contributed by atoms with E-state index in [-0.39, 0.29) is 0 Å². The summed E-state index contributed by atoms with van der Waals surface area (Å²) in [4.78, 5) is 14.1. The summed E-state index contributed by atoms with van der Waals surface area (Å²) in [5, 5.41) is 1.15. The van der Waals surface area contributed by atoms with Crippen LogP contribution in [-0.4, -0.2) is 45.6 Å². The van der Waals surface area contributed by atoms with Crippen molar-refractivity contribution in [1.29, 1.82) is 0 Å². The Balaban J connectivity index is 1.57. The van der Waals surface area contributed by atoms with Crippen molar-refractivity contribution in [3.8, 4) is 0 Å². The first kappa shape index (κ1) is 18.0. The fourth-order valence-corrected chi connectivity index (χ4v) is 4.29. The Labute approximate surface area is 161 Å². The number of benzene rings is 1. The van der Waals surface area contributed by atoms with Crippen LogP contribution < -0.4 is 4.90 Å². The number of likely N-dealkylation sites (tertiary alicyclic amines) is 1. The summed E-state index contributed by atoms with van der Waals surface area (Å²) >= 11 is 0. The number of hydrogen-bond acceptors (Lipinski definition) is 4. The van der Waals surface area contributed by atoms with Gasteiger partial charge in [0.2, 0.25) is 0 Å². The number of anilines is 1. The summed E-state index contributed by atoms with van der Waals surface area (Å²) in [6.45, 7) is 8.68. The van der Waals surface area contributed by atoms with Crippen LogP contribution in [-0.2, 0) is 13.1 Å². The molecule has 27 heavy (non-hydrogen) atoms. The van der Waals surface area contributed by atoms with Gasteiger partial charge in [0.25, 0.3) is 0 Å². The highest BCUT2D eigenvalue weighted by atomic mass is 15.3. The van der Waals surface area contributed by atoms with Gasteiger partial charge >= 0.3 is 0 Å². The third-order valence-electron chi connectivity index (χ3n) is 5.96. The average Bonchev–Trinajstić information content (AvgIpc) is 3.13. The molecule has 3 aromatic rings. The molecule has 0 aliphatic carbocycles. The Morgan fingerprint density at radius 3 is 2.74 bits per heavy atom. The number of fused-ring (bicyclic) bond motifs is 1. The van der Waals surface area contributed by atoms with E-state index >= 15 is 0 Å². The first-order valence-corrected chi connectivity index (χ1v) is 9.96. The van der Waals surface area contributed by atoms with E-state index in [9.17, 15) is 0 Å². The van der Waals surface area contributed by atoms with E-state index in [0.717, 1.165) is 43.0 Å². The van der Waals surface area contributed by atoms with Gasteiger partial charge in [-0.05, 0) is 37.4 Å². The molecule has 4 rings (SSSR count). The number of piperidine rings is 1. The van der Waals surface area contributed by atoms with Crippen LogP contribution in [0.2, 0.25) is 0 Å². The molecule has 5 nitrogen and oxygen atoms in total. The number of aromatic nitrogens is 3. The summed E-state index contributed by atoms with van der Waals surface area (Å²) < 4.78 is 2.18. The lowest BCUT2D eigenvalue weighted by atomic mass is 9.92. The molecule has 3 heterocycles. The Kier molecular flexibility index (Phi) is 5.12. The number of hydrogen-bond donors (Lipinski definition) is 0. The van der Waals surface area contributed by atoms with Crippen molar-refractivity contribution < 1.29 is 0 Å². The van der Waals surface area contributed by atoms with Gasteiger partial charge in [0.05, 0.1) is 5.39 Å². The van der Waals surface area contributed by atoms with Crippen molar-refractivity contribution in [2.45, 2.75) is 39.4 Å². The maximum absolute atomic E-state index is 4.66. The summed E-state index contributed by atoms with van der Waals surface area (Å²) in [5.74, 6) is 1.69. The highest BCUT2D eigenvalue weighted by Crippen LogP contribution is 2.29. The van der Waals surface area contributed by atoms with Crippen LogP contribution >= 0.6 is 0 Å². The first-order valence-electron chi connectivity index (χ1n) is 9.96. The second kappa shape index (κ2) is 7.69. The molecule has 142 valence electrons. The monoisotopic (exact) mass is 363 g/mol. The zero-order valence-electron chi connectivity index (χ0n) is 16.5. The van der Waals surface area contributed by atoms with Crippen LogP contribution in [0.25, 0.3) is 11.0 Å². The van der Waals surface area contributed by atoms with Crippen LogP contribution in [0, 0.1) is 5.92 Å². The van der Waals surface area contributed by atoms with Crippen LogP contribution in [0.5, 0.6) is 0 Å². The molecule has 1 aliphatic rings. The first-order chi connectivity index (χ1) is 13.2. The van der Waals surface area contributed by atoms with Gasteiger partial charge in [-0.2, -0.15) is 0 Å². The van der Waals surface area contributed by atoms with Gasteiger partial charge in [0.15, 0.2) is 0 Å². The van der Waals surface area contributed by atoms with Gasteiger partial charge in [-0.3, -0.25) is 4.90 Å². The van der Waals surface area contributed by atoms with E-state index in [1.807, 2.05) is 0 Å². The standard InChI is InChI=1S/C22H29N5/c1-4-27-13-11-19-21(23-16-24-22(19)27)25(3)20-15-26(12-10-17(20)2)14-18-8-6-5-7-9-18/h5-9,11,13,16-17,20H,4,10,12,14-15H2,1-3H3/t17-,20+/m1/s1. The van der Waals surface area contributed by atoms with Crippen molar-refractivity contribution >= 4 is 16.9 Å².